The van der Waals surface area contributed by atoms with Crippen LogP contribution in [0.5, 0.6) is 0 Å². The molecular formula is C41H26N6. The zero-order chi connectivity index (χ0) is 31.2. The lowest BCUT2D eigenvalue weighted by atomic mass is 9.95. The summed E-state index contributed by atoms with van der Waals surface area (Å²) in [6, 6.07) is 46.1. The Balaban J connectivity index is 1.24. The number of rotatable bonds is 5. The Labute approximate surface area is 270 Å². The molecule has 0 radical (unpaired) electrons. The molecule has 6 aromatic carbocycles. The Kier molecular flexibility index (Phi) is 6.35. The predicted octanol–water partition coefficient (Wildman–Crippen LogP) is 9.58. The molecule has 0 bridgehead atoms. The average molecular weight is 603 g/mol. The van der Waals surface area contributed by atoms with Crippen LogP contribution in [0.25, 0.3) is 83.3 Å². The van der Waals surface area contributed by atoms with Crippen LogP contribution < -0.4 is 0 Å². The first kappa shape index (κ1) is 26.8. The number of para-hydroxylation sites is 1. The highest BCUT2D eigenvalue weighted by Gasteiger charge is 2.18. The topological polar surface area (TPSA) is 69.4 Å². The maximum Gasteiger partial charge on any atom is 0.163 e. The fourth-order valence-corrected chi connectivity index (χ4v) is 6.47. The van der Waals surface area contributed by atoms with Crippen molar-refractivity contribution in [3.8, 4) is 50.6 Å². The second-order valence-electron chi connectivity index (χ2n) is 11.5. The van der Waals surface area contributed by atoms with Gasteiger partial charge in [-0.2, -0.15) is 0 Å². The fraction of sp³-hybridized carbons (Fsp3) is 0. The number of hydrogen-bond acceptors (Lipinski definition) is 5. The quantitative estimate of drug-likeness (QED) is 0.184. The van der Waals surface area contributed by atoms with E-state index >= 15 is 0 Å². The highest BCUT2D eigenvalue weighted by molar-refractivity contribution is 6.13. The lowest BCUT2D eigenvalue weighted by Crippen LogP contribution is -1.98. The minimum Gasteiger partial charge on any atom is -0.299 e. The molecule has 0 saturated carbocycles. The minimum absolute atomic E-state index is 0.580. The molecular weight excluding hydrogens is 576 g/mol. The van der Waals surface area contributed by atoms with Gasteiger partial charge in [-0.1, -0.05) is 109 Å². The van der Waals surface area contributed by atoms with Gasteiger partial charge in [0.2, 0.25) is 0 Å². The normalized spacial score (nSPS) is 11.4. The standard InChI is InChI=1S/C41H26N6/c1-3-10-27(11-4-1)32-15-7-8-16-34(32)40-35(24-42-25-44-40)41-43-23-30-19-18-28-12-9-17-33(38(28)39(30)46-41)29-20-21-36-37(22-29)47(26-45-36)31-13-5-2-6-14-31/h1-26H. The Hall–Kier alpha value is -6.53. The summed E-state index contributed by atoms with van der Waals surface area (Å²) in [6.45, 7) is 0. The summed E-state index contributed by atoms with van der Waals surface area (Å²) in [7, 11) is 0. The van der Waals surface area contributed by atoms with Crippen molar-refractivity contribution in [2.75, 3.05) is 0 Å². The summed E-state index contributed by atoms with van der Waals surface area (Å²) in [6.07, 6.45) is 7.19. The number of fused-ring (bicyclic) bond motifs is 4. The molecule has 0 unspecified atom stereocenters. The molecule has 0 amide bonds. The first-order valence-corrected chi connectivity index (χ1v) is 15.5. The number of hydrogen-bond donors (Lipinski definition) is 0. The van der Waals surface area contributed by atoms with Crippen molar-refractivity contribution in [1.29, 1.82) is 0 Å². The van der Waals surface area contributed by atoms with Gasteiger partial charge in [-0.05, 0) is 51.9 Å². The minimum atomic E-state index is 0.580. The molecule has 0 N–H and O–H groups in total. The lowest BCUT2D eigenvalue weighted by molar-refractivity contribution is 1.09. The molecule has 6 heteroatoms. The molecule has 0 atom stereocenters. The van der Waals surface area contributed by atoms with Crippen molar-refractivity contribution in [3.63, 3.8) is 0 Å². The van der Waals surface area contributed by atoms with Crippen LogP contribution in [0.2, 0.25) is 0 Å². The van der Waals surface area contributed by atoms with E-state index in [4.69, 9.17) is 15.0 Å². The van der Waals surface area contributed by atoms with E-state index in [1.54, 1.807) is 6.33 Å². The first-order valence-electron chi connectivity index (χ1n) is 15.5. The van der Waals surface area contributed by atoms with Crippen LogP contribution in [-0.4, -0.2) is 29.5 Å². The highest BCUT2D eigenvalue weighted by Crippen LogP contribution is 2.38. The van der Waals surface area contributed by atoms with Crippen molar-refractivity contribution in [2.24, 2.45) is 0 Å². The molecule has 0 aliphatic carbocycles. The Morgan fingerprint density at radius 3 is 2.15 bits per heavy atom. The van der Waals surface area contributed by atoms with E-state index in [-0.39, 0.29) is 0 Å². The molecule has 47 heavy (non-hydrogen) atoms. The molecule has 220 valence electrons. The third-order valence-electron chi connectivity index (χ3n) is 8.71. The summed E-state index contributed by atoms with van der Waals surface area (Å²) in [5.74, 6) is 0.580. The molecule has 3 aromatic heterocycles. The van der Waals surface area contributed by atoms with Gasteiger partial charge in [-0.25, -0.2) is 24.9 Å². The second kappa shape index (κ2) is 11.1. The van der Waals surface area contributed by atoms with Gasteiger partial charge >= 0.3 is 0 Å². The van der Waals surface area contributed by atoms with Crippen molar-refractivity contribution >= 4 is 32.7 Å². The van der Waals surface area contributed by atoms with Crippen LogP contribution in [0.1, 0.15) is 0 Å². The number of aromatic nitrogens is 6. The smallest absolute Gasteiger partial charge is 0.163 e. The van der Waals surface area contributed by atoms with Crippen molar-refractivity contribution < 1.29 is 0 Å². The van der Waals surface area contributed by atoms with Gasteiger partial charge in [0.15, 0.2) is 5.82 Å². The van der Waals surface area contributed by atoms with Crippen molar-refractivity contribution in [1.82, 2.24) is 29.5 Å². The SMILES string of the molecule is c1ccc(-c2ccccc2-c2ncncc2-c2ncc3ccc4cccc(-c5ccc6ncn(-c7ccccc7)c6c5)c4c3n2)cc1. The molecule has 9 rings (SSSR count). The number of imidazole rings is 1. The van der Waals surface area contributed by atoms with Gasteiger partial charge in [-0.15, -0.1) is 0 Å². The highest BCUT2D eigenvalue weighted by atomic mass is 15.0. The molecule has 0 saturated heterocycles. The molecule has 0 aliphatic heterocycles. The fourth-order valence-electron chi connectivity index (χ4n) is 6.47. The molecule has 9 aromatic rings. The number of nitrogens with zero attached hydrogens (tertiary/aromatic N) is 6. The van der Waals surface area contributed by atoms with Gasteiger partial charge in [0.25, 0.3) is 0 Å². The number of benzene rings is 6. The van der Waals surface area contributed by atoms with Crippen LogP contribution >= 0.6 is 0 Å². The zero-order valence-electron chi connectivity index (χ0n) is 25.2. The van der Waals surface area contributed by atoms with Crippen LogP contribution in [0.3, 0.4) is 0 Å². The monoisotopic (exact) mass is 602 g/mol. The first-order chi connectivity index (χ1) is 23.3. The maximum atomic E-state index is 5.26. The molecule has 0 fully saturated rings. The van der Waals surface area contributed by atoms with E-state index < -0.39 is 0 Å². The van der Waals surface area contributed by atoms with Crippen molar-refractivity contribution in [3.05, 3.63) is 159 Å². The van der Waals surface area contributed by atoms with Crippen molar-refractivity contribution in [2.45, 2.75) is 0 Å². The third-order valence-corrected chi connectivity index (χ3v) is 8.71. The summed E-state index contributed by atoms with van der Waals surface area (Å²) in [5.41, 5.74) is 10.9. The third kappa shape index (κ3) is 4.62. The van der Waals surface area contributed by atoms with Gasteiger partial charge in [0.1, 0.15) is 12.7 Å². The van der Waals surface area contributed by atoms with Crippen LogP contribution in [0, 0.1) is 0 Å². The van der Waals surface area contributed by atoms with E-state index in [1.807, 2.05) is 49.1 Å². The molecule has 0 aliphatic rings. The van der Waals surface area contributed by atoms with E-state index in [0.29, 0.717) is 5.82 Å². The average Bonchev–Trinajstić information content (AvgIpc) is 3.58. The lowest BCUT2D eigenvalue weighted by Gasteiger charge is -2.14. The Bertz CT molecular complexity index is 2570. The zero-order valence-corrected chi connectivity index (χ0v) is 25.2. The van der Waals surface area contributed by atoms with Crippen LogP contribution in [-0.2, 0) is 0 Å². The summed E-state index contributed by atoms with van der Waals surface area (Å²) in [5, 5.41) is 3.14. The Morgan fingerprint density at radius 2 is 1.28 bits per heavy atom. The largest absolute Gasteiger partial charge is 0.299 e. The molecule has 3 heterocycles. The van der Waals surface area contributed by atoms with Gasteiger partial charge in [0.05, 0.1) is 27.8 Å². The van der Waals surface area contributed by atoms with E-state index in [1.165, 1.54) is 0 Å². The summed E-state index contributed by atoms with van der Waals surface area (Å²) in [4.78, 5) is 24.0. The van der Waals surface area contributed by atoms with Gasteiger partial charge < -0.3 is 0 Å². The van der Waals surface area contributed by atoms with Gasteiger partial charge in [0, 0.05) is 34.4 Å². The van der Waals surface area contributed by atoms with Gasteiger partial charge in [-0.3, -0.25) is 4.57 Å². The summed E-state index contributed by atoms with van der Waals surface area (Å²) >= 11 is 0. The predicted molar refractivity (Wildman–Crippen MR) is 189 cm³/mol. The van der Waals surface area contributed by atoms with E-state index in [0.717, 1.165) is 77.5 Å². The van der Waals surface area contributed by atoms with Crippen LogP contribution in [0.4, 0.5) is 0 Å². The van der Waals surface area contributed by atoms with E-state index in [2.05, 4.69) is 118 Å². The van der Waals surface area contributed by atoms with Crippen LogP contribution in [0.15, 0.2) is 159 Å². The maximum absolute atomic E-state index is 5.26. The molecule has 0 spiro atoms. The summed E-state index contributed by atoms with van der Waals surface area (Å²) < 4.78 is 2.13. The Morgan fingerprint density at radius 1 is 0.511 bits per heavy atom. The molecule has 6 nitrogen and oxygen atoms in total. The van der Waals surface area contributed by atoms with E-state index in [9.17, 15) is 0 Å². The second-order valence-corrected chi connectivity index (χ2v) is 11.5.